The molecule has 39 heavy (non-hydrogen) atoms. The predicted molar refractivity (Wildman–Crippen MR) is 153 cm³/mol. The first-order valence-electron chi connectivity index (χ1n) is 13.5. The predicted octanol–water partition coefficient (Wildman–Crippen LogP) is 3.99. The largest absolute Gasteiger partial charge is 0.369 e. The van der Waals surface area contributed by atoms with Gasteiger partial charge in [0.2, 0.25) is 5.95 Å². The van der Waals surface area contributed by atoms with Crippen LogP contribution in [0, 0.1) is 5.82 Å². The van der Waals surface area contributed by atoms with E-state index in [0.29, 0.717) is 33.9 Å². The highest BCUT2D eigenvalue weighted by Gasteiger charge is 2.23. The molecule has 0 unspecified atom stereocenters. The number of nitrogens with zero attached hydrogens (tertiary/aromatic N) is 4. The number of carbonyl (C=O) groups is 1. The maximum absolute atomic E-state index is 13.5. The molecule has 2 aliphatic rings. The number of aromatic amines is 1. The summed E-state index contributed by atoms with van der Waals surface area (Å²) in [6.07, 6.45) is 3.56. The van der Waals surface area contributed by atoms with Crippen molar-refractivity contribution >= 4 is 40.0 Å². The number of benzene rings is 2. The highest BCUT2D eigenvalue weighted by molar-refractivity contribution is 6.18. The summed E-state index contributed by atoms with van der Waals surface area (Å²) < 4.78 is 13.5. The summed E-state index contributed by atoms with van der Waals surface area (Å²) in [5.74, 6) is 0.455. The zero-order valence-corrected chi connectivity index (χ0v) is 22.0. The molecule has 4 heterocycles. The molecule has 0 amide bonds. The minimum absolute atomic E-state index is 0.210. The molecule has 0 saturated carbocycles. The van der Waals surface area contributed by atoms with Gasteiger partial charge in [-0.15, -0.1) is 0 Å². The van der Waals surface area contributed by atoms with Crippen LogP contribution in [0.5, 0.6) is 0 Å². The monoisotopic (exact) mass is 528 g/mol. The third kappa shape index (κ3) is 5.57. The number of nitrogens with one attached hydrogen (secondary N) is 4. The van der Waals surface area contributed by atoms with E-state index in [1.807, 2.05) is 12.1 Å². The number of likely N-dealkylation sites (N-methyl/N-ethyl adjacent to an activating group) is 1. The van der Waals surface area contributed by atoms with E-state index in [9.17, 15) is 9.18 Å². The van der Waals surface area contributed by atoms with Crippen molar-refractivity contribution in [3.63, 3.8) is 0 Å². The van der Waals surface area contributed by atoms with Crippen molar-refractivity contribution < 1.29 is 9.18 Å². The standard InChI is InChI=1S/C29H33FN8O/c1-37-14-16-38(17-15-37)23-8-6-21(7-9-23)34-29-35-27-25(28(36-29)33-22-10-12-31-13-11-22)24(18-32-27)26(39)19-2-4-20(30)5-3-19/h2-9,18,22,31H,10-17H2,1H3,(H3,32,33,34,35,36). The number of rotatable bonds is 7. The average Bonchev–Trinajstić information content (AvgIpc) is 3.39. The normalized spacial score (nSPS) is 16.9. The fraction of sp³-hybridized carbons (Fsp3) is 0.345. The smallest absolute Gasteiger partial charge is 0.231 e. The number of H-pyrrole nitrogens is 1. The Balaban J connectivity index is 1.29. The van der Waals surface area contributed by atoms with Crippen molar-refractivity contribution in [3.05, 3.63) is 71.7 Å². The molecule has 6 rings (SSSR count). The van der Waals surface area contributed by atoms with Gasteiger partial charge >= 0.3 is 0 Å². The number of aromatic nitrogens is 3. The maximum atomic E-state index is 13.5. The molecule has 2 aliphatic heterocycles. The molecule has 2 aromatic carbocycles. The zero-order chi connectivity index (χ0) is 26.8. The first kappa shape index (κ1) is 25.3. The van der Waals surface area contributed by atoms with Crippen LogP contribution in [0.25, 0.3) is 11.0 Å². The Bertz CT molecular complexity index is 1440. The van der Waals surface area contributed by atoms with Crippen molar-refractivity contribution in [3.8, 4) is 0 Å². The van der Waals surface area contributed by atoms with E-state index in [-0.39, 0.29) is 17.6 Å². The van der Waals surface area contributed by atoms with E-state index in [2.05, 4.69) is 49.9 Å². The number of hydrogen-bond donors (Lipinski definition) is 4. The number of ketones is 1. The molecule has 4 N–H and O–H groups in total. The Kier molecular flexibility index (Phi) is 7.12. The molecule has 202 valence electrons. The number of hydrogen-bond acceptors (Lipinski definition) is 8. The van der Waals surface area contributed by atoms with Crippen LogP contribution in [0.15, 0.2) is 54.7 Å². The first-order chi connectivity index (χ1) is 19.0. The molecule has 0 spiro atoms. The van der Waals surface area contributed by atoms with Crippen LogP contribution in [0.2, 0.25) is 0 Å². The summed E-state index contributed by atoms with van der Waals surface area (Å²) in [6.45, 7) is 5.99. The van der Waals surface area contributed by atoms with Crippen LogP contribution in [0.4, 0.5) is 27.5 Å². The Morgan fingerprint density at radius 3 is 2.41 bits per heavy atom. The highest BCUT2D eigenvalue weighted by atomic mass is 19.1. The number of carbonyl (C=O) groups excluding carboxylic acids is 1. The quantitative estimate of drug-likeness (QED) is 0.267. The van der Waals surface area contributed by atoms with E-state index < -0.39 is 0 Å². The molecule has 9 nitrogen and oxygen atoms in total. The first-order valence-corrected chi connectivity index (χ1v) is 13.5. The Hall–Kier alpha value is -4.02. The summed E-state index contributed by atoms with van der Waals surface area (Å²) in [4.78, 5) is 30.8. The topological polar surface area (TPSA) is 101 Å². The van der Waals surface area contributed by atoms with Gasteiger partial charge in [-0.2, -0.15) is 9.97 Å². The van der Waals surface area contributed by atoms with Gasteiger partial charge in [-0.1, -0.05) is 0 Å². The van der Waals surface area contributed by atoms with Crippen molar-refractivity contribution in [2.75, 3.05) is 61.8 Å². The Morgan fingerprint density at radius 1 is 0.974 bits per heavy atom. The molecule has 0 aliphatic carbocycles. The number of fused-ring (bicyclic) bond motifs is 1. The minimum atomic E-state index is -0.380. The van der Waals surface area contributed by atoms with Gasteiger partial charge in [0.25, 0.3) is 0 Å². The summed E-state index contributed by atoms with van der Waals surface area (Å²) >= 11 is 0. The van der Waals surface area contributed by atoms with E-state index in [1.54, 1.807) is 6.20 Å². The molecule has 0 radical (unpaired) electrons. The third-order valence-electron chi connectivity index (χ3n) is 7.55. The minimum Gasteiger partial charge on any atom is -0.369 e. The molecule has 2 saturated heterocycles. The molecular formula is C29H33FN8O. The molecule has 2 aromatic heterocycles. The molecule has 10 heteroatoms. The average molecular weight is 529 g/mol. The van der Waals surface area contributed by atoms with Crippen molar-refractivity contribution in [2.24, 2.45) is 0 Å². The Labute approximate surface area is 226 Å². The third-order valence-corrected chi connectivity index (χ3v) is 7.55. The lowest BCUT2D eigenvalue weighted by Gasteiger charge is -2.34. The fourth-order valence-corrected chi connectivity index (χ4v) is 5.24. The van der Waals surface area contributed by atoms with E-state index in [4.69, 9.17) is 9.97 Å². The number of piperazine rings is 1. The SMILES string of the molecule is CN1CCN(c2ccc(Nc3nc(NC4CCNCC4)c4c(C(=O)c5ccc(F)cc5)c[nH]c4n3)cc2)CC1. The second-order valence-corrected chi connectivity index (χ2v) is 10.3. The Morgan fingerprint density at radius 2 is 1.69 bits per heavy atom. The second-order valence-electron chi connectivity index (χ2n) is 10.3. The van der Waals surface area contributed by atoms with Crippen molar-refractivity contribution in [1.29, 1.82) is 0 Å². The molecule has 0 bridgehead atoms. The number of anilines is 4. The van der Waals surface area contributed by atoms with Gasteiger partial charge in [0, 0.05) is 55.4 Å². The van der Waals surface area contributed by atoms with Gasteiger partial charge < -0.3 is 30.7 Å². The van der Waals surface area contributed by atoms with E-state index in [1.165, 1.54) is 30.0 Å². The lowest BCUT2D eigenvalue weighted by molar-refractivity contribution is 0.104. The molecule has 0 atom stereocenters. The van der Waals surface area contributed by atoms with Gasteiger partial charge in [-0.3, -0.25) is 4.79 Å². The number of halogens is 1. The maximum Gasteiger partial charge on any atom is 0.231 e. The molecule has 2 fully saturated rings. The van der Waals surface area contributed by atoms with Gasteiger partial charge in [0.05, 0.1) is 10.9 Å². The molecule has 4 aromatic rings. The summed E-state index contributed by atoms with van der Waals surface area (Å²) in [5.41, 5.74) is 3.51. The van der Waals surface area contributed by atoms with E-state index in [0.717, 1.165) is 57.8 Å². The number of piperidine rings is 1. The van der Waals surface area contributed by atoms with E-state index >= 15 is 0 Å². The van der Waals surface area contributed by atoms with Crippen molar-refractivity contribution in [1.82, 2.24) is 25.2 Å². The van der Waals surface area contributed by atoms with Crippen LogP contribution in [-0.4, -0.2) is 78.0 Å². The van der Waals surface area contributed by atoms with Gasteiger partial charge in [-0.25, -0.2) is 4.39 Å². The van der Waals surface area contributed by atoms with Crippen LogP contribution in [0.3, 0.4) is 0 Å². The van der Waals surface area contributed by atoms with Crippen molar-refractivity contribution in [2.45, 2.75) is 18.9 Å². The summed E-state index contributed by atoms with van der Waals surface area (Å²) in [5, 5.41) is 10.9. The van der Waals surface area contributed by atoms with Crippen LogP contribution < -0.4 is 20.9 Å². The lowest BCUT2D eigenvalue weighted by atomic mass is 10.0. The van der Waals surface area contributed by atoms with Crippen LogP contribution >= 0.6 is 0 Å². The van der Waals surface area contributed by atoms with Crippen LogP contribution in [0.1, 0.15) is 28.8 Å². The van der Waals surface area contributed by atoms with Gasteiger partial charge in [0.1, 0.15) is 17.3 Å². The van der Waals surface area contributed by atoms with Crippen LogP contribution in [-0.2, 0) is 0 Å². The van der Waals surface area contributed by atoms with Gasteiger partial charge in [-0.05, 0) is 81.5 Å². The fourth-order valence-electron chi connectivity index (χ4n) is 5.24. The summed E-state index contributed by atoms with van der Waals surface area (Å²) in [7, 11) is 2.15. The summed E-state index contributed by atoms with van der Waals surface area (Å²) in [6, 6.07) is 14.1. The van der Waals surface area contributed by atoms with Gasteiger partial charge in [0.15, 0.2) is 5.78 Å². The second kappa shape index (κ2) is 11.0. The lowest BCUT2D eigenvalue weighted by Crippen LogP contribution is -2.44. The zero-order valence-electron chi connectivity index (χ0n) is 22.0. The molecular weight excluding hydrogens is 495 g/mol. The highest BCUT2D eigenvalue weighted by Crippen LogP contribution is 2.30.